The number of aryl methyl sites for hydroxylation is 3. The Bertz CT molecular complexity index is 468. The molecule has 0 aromatic carbocycles. The van der Waals surface area contributed by atoms with Gasteiger partial charge < -0.3 is 5.73 Å². The van der Waals surface area contributed by atoms with Crippen LogP contribution in [0.15, 0.2) is 18.5 Å². The topological polar surface area (TPSA) is 61.7 Å². The maximum atomic E-state index is 5.47. The number of hydrogen-bond acceptors (Lipinski definition) is 3. The minimum atomic E-state index is 0.696. The molecule has 0 fully saturated rings. The SMILES string of the molecule is Cc1nn(C)cc1-c1ccn(CCCN)n1. The van der Waals surface area contributed by atoms with E-state index in [-0.39, 0.29) is 0 Å². The van der Waals surface area contributed by atoms with E-state index in [4.69, 9.17) is 5.73 Å². The summed E-state index contributed by atoms with van der Waals surface area (Å²) in [5.41, 5.74) is 8.54. The smallest absolute Gasteiger partial charge is 0.0957 e. The molecule has 0 aliphatic rings. The Morgan fingerprint density at radius 3 is 2.81 bits per heavy atom. The van der Waals surface area contributed by atoms with E-state index in [0.29, 0.717) is 6.54 Å². The first-order chi connectivity index (χ1) is 7.70. The fourth-order valence-electron chi connectivity index (χ4n) is 1.73. The number of nitrogens with zero attached hydrogens (tertiary/aromatic N) is 4. The highest BCUT2D eigenvalue weighted by Crippen LogP contribution is 2.19. The van der Waals surface area contributed by atoms with Gasteiger partial charge in [0, 0.05) is 31.5 Å². The number of hydrogen-bond donors (Lipinski definition) is 1. The van der Waals surface area contributed by atoms with Gasteiger partial charge in [-0.2, -0.15) is 10.2 Å². The van der Waals surface area contributed by atoms with E-state index in [2.05, 4.69) is 10.2 Å². The van der Waals surface area contributed by atoms with Crippen molar-refractivity contribution in [1.29, 1.82) is 0 Å². The largest absolute Gasteiger partial charge is 0.330 e. The van der Waals surface area contributed by atoms with E-state index in [1.807, 2.05) is 41.8 Å². The van der Waals surface area contributed by atoms with Crippen molar-refractivity contribution in [2.24, 2.45) is 12.8 Å². The van der Waals surface area contributed by atoms with Crippen molar-refractivity contribution in [1.82, 2.24) is 19.6 Å². The lowest BCUT2D eigenvalue weighted by molar-refractivity contribution is 0.586. The zero-order valence-electron chi connectivity index (χ0n) is 9.72. The van der Waals surface area contributed by atoms with Gasteiger partial charge in [0.15, 0.2) is 0 Å². The Kier molecular flexibility index (Phi) is 3.05. The molecular weight excluding hydrogens is 202 g/mol. The van der Waals surface area contributed by atoms with Crippen LogP contribution in [0.2, 0.25) is 0 Å². The lowest BCUT2D eigenvalue weighted by Gasteiger charge is -1.98. The van der Waals surface area contributed by atoms with Crippen molar-refractivity contribution in [3.63, 3.8) is 0 Å². The first-order valence-corrected chi connectivity index (χ1v) is 5.45. The van der Waals surface area contributed by atoms with Crippen LogP contribution in [0.1, 0.15) is 12.1 Å². The van der Waals surface area contributed by atoms with Crippen molar-refractivity contribution in [2.75, 3.05) is 6.54 Å². The second-order valence-corrected chi connectivity index (χ2v) is 3.91. The minimum Gasteiger partial charge on any atom is -0.330 e. The van der Waals surface area contributed by atoms with Gasteiger partial charge in [0.1, 0.15) is 0 Å². The third-order valence-electron chi connectivity index (χ3n) is 2.52. The van der Waals surface area contributed by atoms with Crippen LogP contribution in [0.5, 0.6) is 0 Å². The molecule has 5 heteroatoms. The van der Waals surface area contributed by atoms with Crippen molar-refractivity contribution >= 4 is 0 Å². The molecule has 0 unspecified atom stereocenters. The van der Waals surface area contributed by atoms with Gasteiger partial charge in [0.25, 0.3) is 0 Å². The van der Waals surface area contributed by atoms with Crippen LogP contribution in [-0.2, 0) is 13.6 Å². The molecule has 0 aliphatic carbocycles. The Balaban J connectivity index is 2.21. The lowest BCUT2D eigenvalue weighted by Crippen LogP contribution is -2.06. The monoisotopic (exact) mass is 219 g/mol. The highest BCUT2D eigenvalue weighted by Gasteiger charge is 2.08. The molecule has 0 aliphatic heterocycles. The van der Waals surface area contributed by atoms with Crippen molar-refractivity contribution in [3.05, 3.63) is 24.2 Å². The summed E-state index contributed by atoms with van der Waals surface area (Å²) < 4.78 is 3.73. The van der Waals surface area contributed by atoms with Crippen LogP contribution in [0.4, 0.5) is 0 Å². The molecule has 2 N–H and O–H groups in total. The highest BCUT2D eigenvalue weighted by molar-refractivity contribution is 5.60. The summed E-state index contributed by atoms with van der Waals surface area (Å²) in [5, 5.41) is 8.81. The van der Waals surface area contributed by atoms with Gasteiger partial charge in [-0.25, -0.2) is 0 Å². The first-order valence-electron chi connectivity index (χ1n) is 5.45. The van der Waals surface area contributed by atoms with E-state index >= 15 is 0 Å². The first kappa shape index (κ1) is 10.9. The van der Waals surface area contributed by atoms with Crippen LogP contribution in [-0.4, -0.2) is 26.1 Å². The predicted molar refractivity (Wildman–Crippen MR) is 62.8 cm³/mol. The van der Waals surface area contributed by atoms with Gasteiger partial charge in [-0.3, -0.25) is 9.36 Å². The van der Waals surface area contributed by atoms with Crippen LogP contribution in [0, 0.1) is 6.92 Å². The predicted octanol–water partition coefficient (Wildman–Crippen LogP) is 0.941. The number of aromatic nitrogens is 4. The zero-order valence-corrected chi connectivity index (χ0v) is 9.72. The molecule has 2 rings (SSSR count). The van der Waals surface area contributed by atoms with E-state index in [1.54, 1.807) is 0 Å². The minimum absolute atomic E-state index is 0.696. The van der Waals surface area contributed by atoms with Gasteiger partial charge in [-0.15, -0.1) is 0 Å². The Morgan fingerprint density at radius 2 is 2.19 bits per heavy atom. The summed E-state index contributed by atoms with van der Waals surface area (Å²) in [6.45, 7) is 3.56. The highest BCUT2D eigenvalue weighted by atomic mass is 15.3. The standard InChI is InChI=1S/C11H17N5/c1-9-10(8-15(2)13-9)11-4-7-16(14-11)6-3-5-12/h4,7-8H,3,5-6,12H2,1-2H3. The number of nitrogens with two attached hydrogens (primary N) is 1. The summed E-state index contributed by atoms with van der Waals surface area (Å²) in [5.74, 6) is 0. The number of rotatable bonds is 4. The van der Waals surface area contributed by atoms with Gasteiger partial charge in [-0.1, -0.05) is 0 Å². The molecule has 0 amide bonds. The van der Waals surface area contributed by atoms with Crippen LogP contribution in [0.25, 0.3) is 11.3 Å². The fraction of sp³-hybridized carbons (Fsp3) is 0.455. The van der Waals surface area contributed by atoms with Gasteiger partial charge in [0.2, 0.25) is 0 Å². The van der Waals surface area contributed by atoms with Crippen molar-refractivity contribution in [3.8, 4) is 11.3 Å². The van der Waals surface area contributed by atoms with Crippen LogP contribution in [0.3, 0.4) is 0 Å². The van der Waals surface area contributed by atoms with E-state index in [9.17, 15) is 0 Å². The van der Waals surface area contributed by atoms with E-state index < -0.39 is 0 Å². The molecule has 0 saturated heterocycles. The maximum absolute atomic E-state index is 5.47. The molecule has 0 spiro atoms. The second kappa shape index (κ2) is 4.49. The van der Waals surface area contributed by atoms with E-state index in [0.717, 1.165) is 29.9 Å². The average molecular weight is 219 g/mol. The Morgan fingerprint density at radius 1 is 1.38 bits per heavy atom. The Hall–Kier alpha value is -1.62. The molecule has 16 heavy (non-hydrogen) atoms. The quantitative estimate of drug-likeness (QED) is 0.832. The molecule has 5 nitrogen and oxygen atoms in total. The third-order valence-corrected chi connectivity index (χ3v) is 2.52. The third kappa shape index (κ3) is 2.14. The maximum Gasteiger partial charge on any atom is 0.0957 e. The Labute approximate surface area is 94.9 Å². The van der Waals surface area contributed by atoms with Crippen molar-refractivity contribution in [2.45, 2.75) is 19.9 Å². The second-order valence-electron chi connectivity index (χ2n) is 3.91. The normalized spacial score (nSPS) is 10.9. The summed E-state index contributed by atoms with van der Waals surface area (Å²) in [7, 11) is 1.92. The molecule has 0 radical (unpaired) electrons. The molecule has 0 saturated carbocycles. The summed E-state index contributed by atoms with van der Waals surface area (Å²) in [6.07, 6.45) is 4.93. The average Bonchev–Trinajstić information content (AvgIpc) is 2.82. The zero-order chi connectivity index (χ0) is 11.5. The fourth-order valence-corrected chi connectivity index (χ4v) is 1.73. The molecule has 0 bridgehead atoms. The molecular formula is C11H17N5. The van der Waals surface area contributed by atoms with Gasteiger partial charge >= 0.3 is 0 Å². The van der Waals surface area contributed by atoms with Gasteiger partial charge in [0.05, 0.1) is 11.4 Å². The van der Waals surface area contributed by atoms with Gasteiger partial charge in [-0.05, 0) is 26.0 Å². The molecule has 0 atom stereocenters. The lowest BCUT2D eigenvalue weighted by atomic mass is 10.2. The summed E-state index contributed by atoms with van der Waals surface area (Å²) in [6, 6.07) is 2.01. The van der Waals surface area contributed by atoms with E-state index in [1.165, 1.54) is 0 Å². The molecule has 86 valence electrons. The van der Waals surface area contributed by atoms with Crippen molar-refractivity contribution < 1.29 is 0 Å². The van der Waals surface area contributed by atoms with Crippen LogP contribution >= 0.6 is 0 Å². The summed E-state index contributed by atoms with van der Waals surface area (Å²) >= 11 is 0. The molecule has 2 aromatic heterocycles. The summed E-state index contributed by atoms with van der Waals surface area (Å²) in [4.78, 5) is 0. The molecule has 2 aromatic rings. The van der Waals surface area contributed by atoms with Crippen LogP contribution < -0.4 is 5.73 Å². The molecule has 2 heterocycles.